The number of hydrogen-bond acceptors (Lipinski definition) is 5. The number of likely N-dealkylation sites (tertiary alicyclic amines) is 1. The first-order valence-corrected chi connectivity index (χ1v) is 8.93. The standard InChI is InChI=1S/C18H27N5O2/c1-14-12-16(20-25-14)18(24)23-9-4-6-15(13-23)17-19-7-11-22(17)10-5-8-21(2)3/h7,11-12,15H,4-6,8-10,13H2,1-3H3. The first-order chi connectivity index (χ1) is 12.0. The van der Waals surface area contributed by atoms with Gasteiger partial charge in [-0.05, 0) is 46.8 Å². The van der Waals surface area contributed by atoms with Crippen molar-refractivity contribution in [1.29, 1.82) is 0 Å². The van der Waals surface area contributed by atoms with Gasteiger partial charge in [-0.3, -0.25) is 4.79 Å². The molecule has 7 heteroatoms. The SMILES string of the molecule is Cc1cc(C(=O)N2CCCC(c3nccn3CCCN(C)C)C2)no1. The van der Waals surface area contributed by atoms with E-state index < -0.39 is 0 Å². The fraction of sp³-hybridized carbons (Fsp3) is 0.611. The molecule has 25 heavy (non-hydrogen) atoms. The van der Waals surface area contributed by atoms with Gasteiger partial charge in [0.1, 0.15) is 11.6 Å². The lowest BCUT2D eigenvalue weighted by molar-refractivity contribution is 0.0692. The van der Waals surface area contributed by atoms with Gasteiger partial charge < -0.3 is 18.9 Å². The van der Waals surface area contributed by atoms with Gasteiger partial charge in [-0.15, -0.1) is 0 Å². The molecule has 1 unspecified atom stereocenters. The number of imidazole rings is 1. The zero-order chi connectivity index (χ0) is 17.8. The van der Waals surface area contributed by atoms with E-state index in [-0.39, 0.29) is 11.8 Å². The van der Waals surface area contributed by atoms with Crippen molar-refractivity contribution in [3.05, 3.63) is 35.7 Å². The second-order valence-corrected chi connectivity index (χ2v) is 7.05. The highest BCUT2D eigenvalue weighted by molar-refractivity contribution is 5.92. The van der Waals surface area contributed by atoms with Gasteiger partial charge in [-0.2, -0.15) is 0 Å². The Balaban J connectivity index is 1.65. The lowest BCUT2D eigenvalue weighted by Gasteiger charge is -2.32. The topological polar surface area (TPSA) is 67.4 Å². The third-order valence-corrected chi connectivity index (χ3v) is 4.67. The molecule has 7 nitrogen and oxygen atoms in total. The van der Waals surface area contributed by atoms with Gasteiger partial charge in [0.25, 0.3) is 5.91 Å². The van der Waals surface area contributed by atoms with E-state index in [0.29, 0.717) is 18.0 Å². The highest BCUT2D eigenvalue weighted by atomic mass is 16.5. The summed E-state index contributed by atoms with van der Waals surface area (Å²) in [6.45, 7) is 5.27. The minimum absolute atomic E-state index is 0.0488. The summed E-state index contributed by atoms with van der Waals surface area (Å²) in [7, 11) is 4.18. The second-order valence-electron chi connectivity index (χ2n) is 7.05. The van der Waals surface area contributed by atoms with Gasteiger partial charge in [-0.1, -0.05) is 5.16 Å². The van der Waals surface area contributed by atoms with Crippen LogP contribution in [0, 0.1) is 6.92 Å². The Morgan fingerprint density at radius 1 is 1.44 bits per heavy atom. The van der Waals surface area contributed by atoms with Gasteiger partial charge in [0, 0.05) is 44.0 Å². The minimum atomic E-state index is -0.0488. The number of aromatic nitrogens is 3. The third kappa shape index (κ3) is 4.28. The zero-order valence-corrected chi connectivity index (χ0v) is 15.3. The molecule has 2 aromatic heterocycles. The van der Waals surface area contributed by atoms with Crippen molar-refractivity contribution < 1.29 is 9.32 Å². The summed E-state index contributed by atoms with van der Waals surface area (Å²) >= 11 is 0. The normalized spacial score (nSPS) is 18.1. The van der Waals surface area contributed by atoms with E-state index >= 15 is 0 Å². The summed E-state index contributed by atoms with van der Waals surface area (Å²) in [4.78, 5) is 21.3. The van der Waals surface area contributed by atoms with Crippen molar-refractivity contribution >= 4 is 5.91 Å². The summed E-state index contributed by atoms with van der Waals surface area (Å²) in [5.41, 5.74) is 0.396. The molecule has 0 aromatic carbocycles. The van der Waals surface area contributed by atoms with Gasteiger partial charge in [-0.25, -0.2) is 4.98 Å². The van der Waals surface area contributed by atoms with Crippen LogP contribution < -0.4 is 0 Å². The number of amides is 1. The molecule has 1 aliphatic heterocycles. The number of nitrogens with zero attached hydrogens (tertiary/aromatic N) is 5. The van der Waals surface area contributed by atoms with Crippen LogP contribution in [0.5, 0.6) is 0 Å². The first-order valence-electron chi connectivity index (χ1n) is 8.93. The molecule has 0 saturated carbocycles. The Bertz CT molecular complexity index is 706. The molecule has 3 heterocycles. The van der Waals surface area contributed by atoms with Gasteiger partial charge in [0.05, 0.1) is 0 Å². The number of carbonyl (C=O) groups is 1. The fourth-order valence-corrected chi connectivity index (χ4v) is 3.43. The number of rotatable bonds is 6. The first kappa shape index (κ1) is 17.7. The Kier molecular flexibility index (Phi) is 5.53. The quantitative estimate of drug-likeness (QED) is 0.802. The zero-order valence-electron chi connectivity index (χ0n) is 15.3. The molecule has 1 saturated heterocycles. The summed E-state index contributed by atoms with van der Waals surface area (Å²) in [5.74, 6) is 1.98. The molecule has 0 bridgehead atoms. The highest BCUT2D eigenvalue weighted by Crippen LogP contribution is 2.27. The molecular formula is C18H27N5O2. The molecule has 136 valence electrons. The molecule has 2 aromatic rings. The molecule has 1 atom stereocenters. The highest BCUT2D eigenvalue weighted by Gasteiger charge is 2.29. The summed E-state index contributed by atoms with van der Waals surface area (Å²) in [6.07, 6.45) is 7.05. The van der Waals surface area contributed by atoms with Gasteiger partial charge >= 0.3 is 0 Å². The van der Waals surface area contributed by atoms with Gasteiger partial charge in [0.2, 0.25) is 0 Å². The molecular weight excluding hydrogens is 318 g/mol. The molecule has 0 spiro atoms. The maximum absolute atomic E-state index is 12.6. The Morgan fingerprint density at radius 3 is 3.00 bits per heavy atom. The number of carbonyl (C=O) groups excluding carboxylic acids is 1. The third-order valence-electron chi connectivity index (χ3n) is 4.67. The van der Waals surface area contributed by atoms with E-state index in [9.17, 15) is 4.79 Å². The molecule has 3 rings (SSSR count). The van der Waals surface area contributed by atoms with E-state index in [4.69, 9.17) is 4.52 Å². The Labute approximate surface area is 148 Å². The lowest BCUT2D eigenvalue weighted by atomic mass is 9.96. The molecule has 0 aliphatic carbocycles. The largest absolute Gasteiger partial charge is 0.361 e. The maximum atomic E-state index is 12.6. The van der Waals surface area contributed by atoms with Crippen LogP contribution in [0.1, 0.15) is 47.3 Å². The number of hydrogen-bond donors (Lipinski definition) is 0. The van der Waals surface area contributed by atoms with Crippen LogP contribution in [-0.2, 0) is 6.54 Å². The average molecular weight is 345 g/mol. The molecule has 1 aliphatic rings. The summed E-state index contributed by atoms with van der Waals surface area (Å²) < 4.78 is 7.28. The van der Waals surface area contributed by atoms with Crippen LogP contribution in [0.25, 0.3) is 0 Å². The molecule has 0 radical (unpaired) electrons. The summed E-state index contributed by atoms with van der Waals surface area (Å²) in [6, 6.07) is 1.70. The summed E-state index contributed by atoms with van der Waals surface area (Å²) in [5, 5.41) is 3.86. The van der Waals surface area contributed by atoms with E-state index in [1.165, 1.54) is 0 Å². The van der Waals surface area contributed by atoms with E-state index in [0.717, 1.165) is 44.7 Å². The van der Waals surface area contributed by atoms with Crippen LogP contribution in [0.2, 0.25) is 0 Å². The molecule has 0 N–H and O–H groups in total. The van der Waals surface area contributed by atoms with Crippen LogP contribution in [0.4, 0.5) is 0 Å². The fourth-order valence-electron chi connectivity index (χ4n) is 3.43. The van der Waals surface area contributed by atoms with E-state index in [2.05, 4.69) is 33.7 Å². The van der Waals surface area contributed by atoms with Crippen LogP contribution in [0.15, 0.2) is 23.0 Å². The van der Waals surface area contributed by atoms with E-state index in [1.807, 2.05) is 17.3 Å². The van der Waals surface area contributed by atoms with Crippen molar-refractivity contribution in [2.75, 3.05) is 33.7 Å². The predicted octanol–water partition coefficient (Wildman–Crippen LogP) is 2.15. The van der Waals surface area contributed by atoms with Crippen LogP contribution in [-0.4, -0.2) is 64.1 Å². The van der Waals surface area contributed by atoms with Crippen molar-refractivity contribution in [3.63, 3.8) is 0 Å². The van der Waals surface area contributed by atoms with Gasteiger partial charge in [0.15, 0.2) is 5.69 Å². The maximum Gasteiger partial charge on any atom is 0.276 e. The molecule has 1 fully saturated rings. The van der Waals surface area contributed by atoms with Crippen LogP contribution >= 0.6 is 0 Å². The Morgan fingerprint density at radius 2 is 2.28 bits per heavy atom. The van der Waals surface area contributed by atoms with Crippen molar-refractivity contribution in [1.82, 2.24) is 24.5 Å². The second kappa shape index (κ2) is 7.82. The monoisotopic (exact) mass is 345 g/mol. The smallest absolute Gasteiger partial charge is 0.276 e. The molecule has 1 amide bonds. The van der Waals surface area contributed by atoms with Crippen LogP contribution in [0.3, 0.4) is 0 Å². The van der Waals surface area contributed by atoms with Crippen molar-refractivity contribution in [2.24, 2.45) is 0 Å². The Hall–Kier alpha value is -2.15. The average Bonchev–Trinajstić information content (AvgIpc) is 3.23. The minimum Gasteiger partial charge on any atom is -0.361 e. The van der Waals surface area contributed by atoms with Crippen molar-refractivity contribution in [2.45, 2.75) is 38.6 Å². The number of piperidine rings is 1. The van der Waals surface area contributed by atoms with E-state index in [1.54, 1.807) is 13.0 Å². The number of aryl methyl sites for hydroxylation is 2. The lowest BCUT2D eigenvalue weighted by Crippen LogP contribution is -2.40. The van der Waals surface area contributed by atoms with Crippen molar-refractivity contribution in [3.8, 4) is 0 Å². The predicted molar refractivity (Wildman–Crippen MR) is 94.5 cm³/mol.